The van der Waals surface area contributed by atoms with Crippen LogP contribution in [-0.4, -0.2) is 20.6 Å². The fraction of sp³-hybridized carbons (Fsp3) is 0.714. The molecule has 6 heteroatoms. The Bertz CT molecular complexity index is 598. The molecule has 2 heterocycles. The summed E-state index contributed by atoms with van der Waals surface area (Å²) in [5.74, 6) is 1.34. The van der Waals surface area contributed by atoms with E-state index in [1.54, 1.807) is 0 Å². The van der Waals surface area contributed by atoms with Crippen molar-refractivity contribution in [1.29, 1.82) is 0 Å². The summed E-state index contributed by atoms with van der Waals surface area (Å²) in [4.78, 5) is 27.3. The van der Waals surface area contributed by atoms with Crippen LogP contribution in [0.3, 0.4) is 0 Å². The molecule has 3 rings (SSSR count). The molecule has 1 atom stereocenters. The van der Waals surface area contributed by atoms with Crippen LogP contribution in [0, 0.1) is 0 Å². The van der Waals surface area contributed by atoms with Crippen LogP contribution in [0.5, 0.6) is 0 Å². The van der Waals surface area contributed by atoms with Crippen molar-refractivity contribution in [3.05, 3.63) is 31.6 Å². The number of halogens is 1. The highest BCUT2D eigenvalue weighted by atomic mass is 35.5. The van der Waals surface area contributed by atoms with Crippen molar-refractivity contribution in [3.63, 3.8) is 0 Å². The summed E-state index contributed by atoms with van der Waals surface area (Å²) in [5, 5.41) is 0.633. The molecule has 4 nitrogen and oxygen atoms in total. The average Bonchev–Trinajstić information content (AvgIpc) is 3.07. The Morgan fingerprint density at radius 2 is 1.95 bits per heavy atom. The molecule has 1 unspecified atom stereocenters. The van der Waals surface area contributed by atoms with E-state index in [4.69, 9.17) is 11.6 Å². The van der Waals surface area contributed by atoms with E-state index in [-0.39, 0.29) is 22.3 Å². The molecular weight excluding hydrogens is 296 g/mol. The molecule has 1 saturated carbocycles. The molecule has 1 saturated heterocycles. The topological polar surface area (TPSA) is 54.9 Å². The molecule has 0 spiro atoms. The number of thioether (sulfide) groups is 1. The van der Waals surface area contributed by atoms with Crippen LogP contribution >= 0.6 is 23.4 Å². The third kappa shape index (κ3) is 2.70. The maximum absolute atomic E-state index is 12.6. The van der Waals surface area contributed by atoms with Crippen molar-refractivity contribution < 1.29 is 0 Å². The summed E-state index contributed by atoms with van der Waals surface area (Å²) >= 11 is 7.98. The predicted molar refractivity (Wildman–Crippen MR) is 83.0 cm³/mol. The molecule has 0 radical (unpaired) electrons. The van der Waals surface area contributed by atoms with Crippen LogP contribution in [0.1, 0.15) is 50.0 Å². The van der Waals surface area contributed by atoms with Crippen molar-refractivity contribution >= 4 is 23.4 Å². The molecule has 2 aliphatic rings. The van der Waals surface area contributed by atoms with Gasteiger partial charge in [-0.1, -0.05) is 24.4 Å². The van der Waals surface area contributed by atoms with Crippen LogP contribution in [-0.2, 0) is 6.54 Å². The van der Waals surface area contributed by atoms with Gasteiger partial charge in [-0.05, 0) is 37.4 Å². The van der Waals surface area contributed by atoms with Gasteiger partial charge in [-0.2, -0.15) is 11.8 Å². The quantitative estimate of drug-likeness (QED) is 0.873. The summed E-state index contributed by atoms with van der Waals surface area (Å²) in [7, 11) is 0. The number of rotatable bonds is 3. The summed E-state index contributed by atoms with van der Waals surface area (Å²) in [6, 6.07) is 0. The van der Waals surface area contributed by atoms with Crippen molar-refractivity contribution in [2.45, 2.75) is 56.2 Å². The number of nitrogens with one attached hydrogen (secondary N) is 1. The van der Waals surface area contributed by atoms with Crippen LogP contribution in [0.2, 0.25) is 5.15 Å². The molecule has 1 N–H and O–H groups in total. The number of H-pyrrole nitrogens is 1. The zero-order valence-corrected chi connectivity index (χ0v) is 12.9. The number of aromatic nitrogens is 2. The Balaban J connectivity index is 1.98. The molecule has 1 aromatic heterocycles. The second kappa shape index (κ2) is 5.98. The second-order valence-corrected chi connectivity index (χ2v) is 7.48. The lowest BCUT2D eigenvalue weighted by molar-refractivity contribution is 0.572. The molecule has 0 amide bonds. The standard InChI is InChI=1S/C14H19ClN2O2S/c15-12-11(9-4-1-2-5-9)13(18)17(14(19)16-12)8-10-6-3-7-20-10/h9-10H,1-8H2,(H,16,19). The Kier molecular flexibility index (Phi) is 4.26. The zero-order chi connectivity index (χ0) is 14.1. The van der Waals surface area contributed by atoms with Gasteiger partial charge in [-0.15, -0.1) is 0 Å². The minimum atomic E-state index is -0.366. The third-order valence-electron chi connectivity index (χ3n) is 4.35. The molecular formula is C14H19ClN2O2S. The van der Waals surface area contributed by atoms with E-state index in [1.165, 1.54) is 11.0 Å². The van der Waals surface area contributed by atoms with E-state index in [0.717, 1.165) is 37.9 Å². The highest BCUT2D eigenvalue weighted by Crippen LogP contribution is 2.34. The van der Waals surface area contributed by atoms with Crippen LogP contribution in [0.15, 0.2) is 9.59 Å². The first-order valence-electron chi connectivity index (χ1n) is 7.31. The van der Waals surface area contributed by atoms with Gasteiger partial charge in [-0.3, -0.25) is 14.3 Å². The molecule has 0 bridgehead atoms. The van der Waals surface area contributed by atoms with Crippen LogP contribution in [0.25, 0.3) is 0 Å². The maximum atomic E-state index is 12.6. The van der Waals surface area contributed by atoms with Crippen molar-refractivity contribution in [1.82, 2.24) is 9.55 Å². The van der Waals surface area contributed by atoms with E-state index in [0.29, 0.717) is 17.4 Å². The molecule has 20 heavy (non-hydrogen) atoms. The first kappa shape index (κ1) is 14.3. The summed E-state index contributed by atoms with van der Waals surface area (Å²) < 4.78 is 1.36. The van der Waals surface area contributed by atoms with Gasteiger partial charge in [0.1, 0.15) is 5.15 Å². The predicted octanol–water partition coefficient (Wildman–Crippen LogP) is 2.74. The lowest BCUT2D eigenvalue weighted by Crippen LogP contribution is -2.40. The fourth-order valence-corrected chi connectivity index (χ4v) is 4.86. The number of nitrogens with zero attached hydrogens (tertiary/aromatic N) is 1. The minimum Gasteiger partial charge on any atom is -0.297 e. The van der Waals surface area contributed by atoms with Gasteiger partial charge in [0.05, 0.1) is 5.56 Å². The SMILES string of the molecule is O=c1[nH]c(Cl)c(C2CCCC2)c(=O)n1CC1CCCS1. The van der Waals surface area contributed by atoms with Gasteiger partial charge in [-0.25, -0.2) is 4.79 Å². The molecule has 1 aliphatic heterocycles. The van der Waals surface area contributed by atoms with Crippen molar-refractivity contribution in [2.75, 3.05) is 5.75 Å². The average molecular weight is 315 g/mol. The van der Waals surface area contributed by atoms with Gasteiger partial charge in [0.15, 0.2) is 0 Å². The smallest absolute Gasteiger partial charge is 0.297 e. The van der Waals surface area contributed by atoms with Crippen LogP contribution in [0.4, 0.5) is 0 Å². The lowest BCUT2D eigenvalue weighted by Gasteiger charge is -2.15. The molecule has 0 aromatic carbocycles. The van der Waals surface area contributed by atoms with Gasteiger partial charge in [0.2, 0.25) is 0 Å². The van der Waals surface area contributed by atoms with Gasteiger partial charge >= 0.3 is 5.69 Å². The molecule has 1 aliphatic carbocycles. The monoisotopic (exact) mass is 314 g/mol. The van der Waals surface area contributed by atoms with Gasteiger partial charge in [0.25, 0.3) is 5.56 Å². The molecule has 1 aromatic rings. The van der Waals surface area contributed by atoms with Gasteiger partial charge < -0.3 is 0 Å². The van der Waals surface area contributed by atoms with Crippen LogP contribution < -0.4 is 11.2 Å². The van der Waals surface area contributed by atoms with E-state index >= 15 is 0 Å². The number of hydrogen-bond donors (Lipinski definition) is 1. The highest BCUT2D eigenvalue weighted by Gasteiger charge is 2.26. The Labute approximate surface area is 126 Å². The lowest BCUT2D eigenvalue weighted by atomic mass is 10.0. The third-order valence-corrected chi connectivity index (χ3v) is 6.03. The van der Waals surface area contributed by atoms with E-state index in [2.05, 4.69) is 4.98 Å². The van der Waals surface area contributed by atoms with E-state index in [1.807, 2.05) is 11.8 Å². The summed E-state index contributed by atoms with van der Waals surface area (Å²) in [6.07, 6.45) is 6.53. The summed E-state index contributed by atoms with van der Waals surface area (Å²) in [6.45, 7) is 0.510. The Hall–Kier alpha value is -0.680. The normalized spacial score (nSPS) is 23.6. The number of aromatic amines is 1. The Morgan fingerprint density at radius 3 is 2.60 bits per heavy atom. The van der Waals surface area contributed by atoms with Gasteiger partial charge in [0, 0.05) is 11.8 Å². The Morgan fingerprint density at radius 1 is 1.20 bits per heavy atom. The maximum Gasteiger partial charge on any atom is 0.329 e. The zero-order valence-electron chi connectivity index (χ0n) is 11.4. The number of hydrogen-bond acceptors (Lipinski definition) is 3. The van der Waals surface area contributed by atoms with Crippen molar-refractivity contribution in [2.24, 2.45) is 0 Å². The minimum absolute atomic E-state index is 0.168. The highest BCUT2D eigenvalue weighted by molar-refractivity contribution is 8.00. The van der Waals surface area contributed by atoms with E-state index in [9.17, 15) is 9.59 Å². The first-order valence-corrected chi connectivity index (χ1v) is 8.73. The van der Waals surface area contributed by atoms with Crippen molar-refractivity contribution in [3.8, 4) is 0 Å². The summed E-state index contributed by atoms with van der Waals surface area (Å²) in [5.41, 5.74) is 0.0964. The second-order valence-electron chi connectivity index (χ2n) is 5.69. The first-order chi connectivity index (χ1) is 9.66. The molecule has 110 valence electrons. The fourth-order valence-electron chi connectivity index (χ4n) is 3.29. The van der Waals surface area contributed by atoms with E-state index < -0.39 is 0 Å². The largest absolute Gasteiger partial charge is 0.329 e. The molecule has 2 fully saturated rings.